The van der Waals surface area contributed by atoms with Crippen molar-refractivity contribution in [1.29, 1.82) is 0 Å². The molecule has 0 saturated heterocycles. The molecule has 0 unspecified atom stereocenters. The number of rotatable bonds is 10. The number of nitrogens with zero attached hydrogens (tertiary/aromatic N) is 1. The van der Waals surface area contributed by atoms with Gasteiger partial charge in [0, 0.05) is 34.1 Å². The van der Waals surface area contributed by atoms with Crippen molar-refractivity contribution in [1.82, 2.24) is 10.2 Å². The predicted octanol–water partition coefficient (Wildman–Crippen LogP) is 6.74. The zero-order valence-electron chi connectivity index (χ0n) is 19.8. The normalized spacial score (nSPS) is 12.6. The highest BCUT2D eigenvalue weighted by molar-refractivity contribution is 6.36. The lowest BCUT2D eigenvalue weighted by Crippen LogP contribution is -2.52. The van der Waals surface area contributed by atoms with Crippen molar-refractivity contribution in [3.05, 3.63) is 105 Å². The van der Waals surface area contributed by atoms with E-state index < -0.39 is 6.04 Å². The Morgan fingerprint density at radius 2 is 1.46 bits per heavy atom. The van der Waals surface area contributed by atoms with Crippen LogP contribution in [0.5, 0.6) is 0 Å². The molecule has 3 aromatic rings. The van der Waals surface area contributed by atoms with Crippen LogP contribution in [0.1, 0.15) is 37.0 Å². The molecule has 0 bridgehead atoms. The lowest BCUT2D eigenvalue weighted by atomic mass is 10.0. The molecule has 184 valence electrons. The van der Waals surface area contributed by atoms with Crippen molar-refractivity contribution in [3.8, 4) is 0 Å². The second kappa shape index (κ2) is 13.0. The third-order valence-electron chi connectivity index (χ3n) is 5.96. The van der Waals surface area contributed by atoms with Gasteiger partial charge in [0.1, 0.15) is 6.04 Å². The first-order chi connectivity index (χ1) is 16.8. The van der Waals surface area contributed by atoms with Crippen molar-refractivity contribution < 1.29 is 9.59 Å². The Kier molecular flexibility index (Phi) is 10.0. The summed E-state index contributed by atoms with van der Waals surface area (Å²) in [5.74, 6) is -0.478. The van der Waals surface area contributed by atoms with Gasteiger partial charge in [-0.2, -0.15) is 0 Å². The lowest BCUT2D eigenvalue weighted by molar-refractivity contribution is -0.141. The Morgan fingerprint density at radius 1 is 0.857 bits per heavy atom. The smallest absolute Gasteiger partial charge is 0.243 e. The summed E-state index contributed by atoms with van der Waals surface area (Å²) in [4.78, 5) is 28.9. The summed E-state index contributed by atoms with van der Waals surface area (Å²) in [7, 11) is 0. The highest BCUT2D eigenvalue weighted by atomic mass is 35.5. The SMILES string of the molecule is CC[C@H](C)NC(=O)[C@H](Cc1ccccc1)N(Cc1ccccc1Cl)C(=O)Cc1c(Cl)cccc1Cl. The first-order valence-electron chi connectivity index (χ1n) is 11.6. The van der Waals surface area contributed by atoms with Gasteiger partial charge in [0.2, 0.25) is 11.8 Å². The van der Waals surface area contributed by atoms with E-state index in [4.69, 9.17) is 34.8 Å². The molecule has 35 heavy (non-hydrogen) atoms. The third-order valence-corrected chi connectivity index (χ3v) is 7.04. The first kappa shape index (κ1) is 27.1. The molecule has 0 aliphatic rings. The van der Waals surface area contributed by atoms with E-state index in [-0.39, 0.29) is 30.8 Å². The minimum absolute atomic E-state index is 0.0314. The monoisotopic (exact) mass is 530 g/mol. The number of nitrogens with one attached hydrogen (secondary N) is 1. The molecule has 0 aliphatic heterocycles. The molecule has 0 fully saturated rings. The molecule has 0 heterocycles. The van der Waals surface area contributed by atoms with Gasteiger partial charge >= 0.3 is 0 Å². The van der Waals surface area contributed by atoms with E-state index in [0.717, 1.165) is 17.5 Å². The molecule has 0 radical (unpaired) electrons. The quantitative estimate of drug-likeness (QED) is 0.315. The molecule has 7 heteroatoms. The number of hydrogen-bond acceptors (Lipinski definition) is 2. The summed E-state index contributed by atoms with van der Waals surface area (Å²) in [5, 5.41) is 4.40. The van der Waals surface area contributed by atoms with Crippen molar-refractivity contribution in [2.24, 2.45) is 0 Å². The average molecular weight is 532 g/mol. The third kappa shape index (κ3) is 7.47. The second-order valence-corrected chi connectivity index (χ2v) is 9.74. The van der Waals surface area contributed by atoms with Crippen LogP contribution in [-0.2, 0) is 29.0 Å². The number of hydrogen-bond donors (Lipinski definition) is 1. The van der Waals surface area contributed by atoms with Crippen LogP contribution in [0.4, 0.5) is 0 Å². The zero-order chi connectivity index (χ0) is 25.4. The highest BCUT2D eigenvalue weighted by Gasteiger charge is 2.32. The lowest BCUT2D eigenvalue weighted by Gasteiger charge is -2.33. The van der Waals surface area contributed by atoms with Crippen LogP contribution in [0, 0.1) is 0 Å². The Labute approximate surface area is 222 Å². The molecule has 4 nitrogen and oxygen atoms in total. The molecule has 3 rings (SSSR count). The van der Waals surface area contributed by atoms with Gasteiger partial charge in [-0.25, -0.2) is 0 Å². The first-order valence-corrected chi connectivity index (χ1v) is 12.7. The fraction of sp³-hybridized carbons (Fsp3) is 0.286. The molecule has 2 atom stereocenters. The van der Waals surface area contributed by atoms with Gasteiger partial charge in [0.05, 0.1) is 6.42 Å². The minimum Gasteiger partial charge on any atom is -0.352 e. The molecule has 0 saturated carbocycles. The topological polar surface area (TPSA) is 49.4 Å². The van der Waals surface area contributed by atoms with E-state index in [1.807, 2.05) is 62.4 Å². The summed E-state index contributed by atoms with van der Waals surface area (Å²) in [6.07, 6.45) is 1.10. The molecular weight excluding hydrogens is 503 g/mol. The van der Waals surface area contributed by atoms with Gasteiger partial charge < -0.3 is 10.2 Å². The Balaban J connectivity index is 2.02. The number of benzene rings is 3. The van der Waals surface area contributed by atoms with Crippen LogP contribution >= 0.6 is 34.8 Å². The van der Waals surface area contributed by atoms with Crippen LogP contribution in [0.2, 0.25) is 15.1 Å². The van der Waals surface area contributed by atoms with E-state index >= 15 is 0 Å². The Hall–Kier alpha value is -2.53. The van der Waals surface area contributed by atoms with E-state index in [2.05, 4.69) is 5.32 Å². The van der Waals surface area contributed by atoms with Crippen LogP contribution in [-0.4, -0.2) is 28.8 Å². The van der Waals surface area contributed by atoms with Crippen molar-refractivity contribution in [2.75, 3.05) is 0 Å². The van der Waals surface area contributed by atoms with Gasteiger partial charge in [-0.3, -0.25) is 9.59 Å². The number of carbonyl (C=O) groups is 2. The molecule has 0 spiro atoms. The predicted molar refractivity (Wildman–Crippen MR) is 144 cm³/mol. The van der Waals surface area contributed by atoms with E-state index in [1.54, 1.807) is 29.2 Å². The minimum atomic E-state index is -0.753. The fourth-order valence-electron chi connectivity index (χ4n) is 3.76. The van der Waals surface area contributed by atoms with Gasteiger partial charge in [-0.1, -0.05) is 96.3 Å². The number of amides is 2. The zero-order valence-corrected chi connectivity index (χ0v) is 22.1. The van der Waals surface area contributed by atoms with Crippen LogP contribution < -0.4 is 5.32 Å². The highest BCUT2D eigenvalue weighted by Crippen LogP contribution is 2.27. The van der Waals surface area contributed by atoms with Gasteiger partial charge in [-0.05, 0) is 48.2 Å². The molecule has 0 aromatic heterocycles. The van der Waals surface area contributed by atoms with E-state index in [0.29, 0.717) is 27.1 Å². The van der Waals surface area contributed by atoms with Gasteiger partial charge in [0.25, 0.3) is 0 Å². The maximum absolute atomic E-state index is 13.8. The van der Waals surface area contributed by atoms with Crippen molar-refractivity contribution in [3.63, 3.8) is 0 Å². The molecule has 3 aromatic carbocycles. The Morgan fingerprint density at radius 3 is 2.09 bits per heavy atom. The molecule has 1 N–H and O–H groups in total. The summed E-state index contributed by atoms with van der Waals surface area (Å²) < 4.78 is 0. The van der Waals surface area contributed by atoms with Crippen LogP contribution in [0.25, 0.3) is 0 Å². The Bertz CT molecular complexity index is 1130. The van der Waals surface area contributed by atoms with Gasteiger partial charge in [0.15, 0.2) is 0 Å². The largest absolute Gasteiger partial charge is 0.352 e. The summed E-state index contributed by atoms with van der Waals surface area (Å²) in [6, 6.07) is 21.3. The molecule has 2 amide bonds. The summed E-state index contributed by atoms with van der Waals surface area (Å²) >= 11 is 19.2. The van der Waals surface area contributed by atoms with E-state index in [1.165, 1.54) is 0 Å². The van der Waals surface area contributed by atoms with Crippen LogP contribution in [0.3, 0.4) is 0 Å². The fourth-order valence-corrected chi connectivity index (χ4v) is 4.49. The maximum Gasteiger partial charge on any atom is 0.243 e. The van der Waals surface area contributed by atoms with Crippen molar-refractivity contribution >= 4 is 46.6 Å². The molecule has 0 aliphatic carbocycles. The second-order valence-electron chi connectivity index (χ2n) is 8.51. The number of halogens is 3. The van der Waals surface area contributed by atoms with E-state index in [9.17, 15) is 9.59 Å². The van der Waals surface area contributed by atoms with Crippen LogP contribution in [0.15, 0.2) is 72.8 Å². The summed E-state index contributed by atoms with van der Waals surface area (Å²) in [6.45, 7) is 4.12. The van der Waals surface area contributed by atoms with Gasteiger partial charge in [-0.15, -0.1) is 0 Å². The van der Waals surface area contributed by atoms with Crippen molar-refractivity contribution in [2.45, 2.75) is 51.7 Å². The molecular formula is C28H29Cl3N2O2. The maximum atomic E-state index is 13.8. The summed E-state index contributed by atoms with van der Waals surface area (Å²) in [5.41, 5.74) is 2.23. The standard InChI is InChI=1S/C28H29Cl3N2O2/c1-3-19(2)32-28(35)26(16-20-10-5-4-6-11-20)33(18-21-12-7-8-13-23(21)29)27(34)17-22-24(30)14-9-15-25(22)31/h4-15,19,26H,3,16-18H2,1-2H3,(H,32,35)/t19-,26-/m0/s1. The average Bonchev–Trinajstić information content (AvgIpc) is 2.85. The number of carbonyl (C=O) groups excluding carboxylic acids is 2.